The minimum absolute atomic E-state index is 0.144. The molecule has 0 spiro atoms. The molecule has 0 saturated carbocycles. The molecule has 3 saturated heterocycles. The Kier molecular flexibility index (Phi) is 6.29. The van der Waals surface area contributed by atoms with Crippen molar-refractivity contribution in [2.24, 2.45) is 5.92 Å². The summed E-state index contributed by atoms with van der Waals surface area (Å²) >= 11 is 0. The molecule has 0 radical (unpaired) electrons. The van der Waals surface area contributed by atoms with Gasteiger partial charge in [-0.25, -0.2) is 0 Å². The van der Waals surface area contributed by atoms with Crippen LogP contribution in [-0.4, -0.2) is 63.9 Å². The van der Waals surface area contributed by atoms with Crippen LogP contribution in [0, 0.1) is 5.92 Å². The van der Waals surface area contributed by atoms with Crippen molar-refractivity contribution < 1.29 is 28.4 Å². The summed E-state index contributed by atoms with van der Waals surface area (Å²) in [4.78, 5) is 0. The molecule has 4 unspecified atom stereocenters. The van der Waals surface area contributed by atoms with Crippen molar-refractivity contribution in [2.45, 2.75) is 63.8 Å². The molecule has 0 aliphatic carbocycles. The summed E-state index contributed by atoms with van der Waals surface area (Å²) in [7, 11) is 0. The molecule has 23 heavy (non-hydrogen) atoms. The van der Waals surface area contributed by atoms with E-state index in [2.05, 4.69) is 13.8 Å². The zero-order chi connectivity index (χ0) is 16.1. The fourth-order valence-electron chi connectivity index (χ4n) is 2.55. The van der Waals surface area contributed by atoms with E-state index in [9.17, 15) is 0 Å². The van der Waals surface area contributed by atoms with Crippen LogP contribution < -0.4 is 0 Å². The van der Waals surface area contributed by atoms with Crippen LogP contribution in [-0.2, 0) is 28.4 Å². The Hall–Kier alpha value is -0.240. The van der Waals surface area contributed by atoms with Gasteiger partial charge in [0.25, 0.3) is 5.97 Å². The SMILES string of the molecule is CCCCCC(C)C(OCC1CO1)(OCC1CO1)OCC1CO1. The Balaban J connectivity index is 1.58. The molecule has 4 atom stereocenters. The highest BCUT2D eigenvalue weighted by Crippen LogP contribution is 2.33. The third-order valence-corrected chi connectivity index (χ3v) is 4.46. The van der Waals surface area contributed by atoms with Gasteiger partial charge in [-0.1, -0.05) is 33.1 Å². The smallest absolute Gasteiger partial charge is 0.285 e. The van der Waals surface area contributed by atoms with Gasteiger partial charge >= 0.3 is 0 Å². The van der Waals surface area contributed by atoms with E-state index in [1.807, 2.05) is 0 Å². The average Bonchev–Trinajstić information content (AvgIpc) is 3.39. The molecule has 6 nitrogen and oxygen atoms in total. The third-order valence-electron chi connectivity index (χ3n) is 4.46. The van der Waals surface area contributed by atoms with Crippen molar-refractivity contribution in [1.82, 2.24) is 0 Å². The Bertz CT molecular complexity index is 310. The fraction of sp³-hybridized carbons (Fsp3) is 1.00. The Morgan fingerprint density at radius 1 is 0.870 bits per heavy atom. The first-order chi connectivity index (χ1) is 11.2. The molecule has 134 valence electrons. The van der Waals surface area contributed by atoms with E-state index >= 15 is 0 Å². The largest absolute Gasteiger partial charge is 0.371 e. The molecule has 3 aliphatic rings. The van der Waals surface area contributed by atoms with Crippen molar-refractivity contribution in [3.63, 3.8) is 0 Å². The maximum absolute atomic E-state index is 6.12. The highest BCUT2D eigenvalue weighted by atomic mass is 16.9. The molecule has 0 aromatic rings. The summed E-state index contributed by atoms with van der Waals surface area (Å²) in [6, 6.07) is 0. The van der Waals surface area contributed by atoms with Crippen LogP contribution in [0.3, 0.4) is 0 Å². The quantitative estimate of drug-likeness (QED) is 0.276. The van der Waals surface area contributed by atoms with E-state index in [1.54, 1.807) is 0 Å². The first-order valence-electron chi connectivity index (χ1n) is 8.98. The van der Waals surface area contributed by atoms with Gasteiger partial charge in [0.05, 0.1) is 39.6 Å². The zero-order valence-corrected chi connectivity index (χ0v) is 14.3. The lowest BCUT2D eigenvalue weighted by molar-refractivity contribution is -0.405. The van der Waals surface area contributed by atoms with Crippen LogP contribution in [0.25, 0.3) is 0 Å². The molecule has 0 amide bonds. The lowest BCUT2D eigenvalue weighted by atomic mass is 10.0. The zero-order valence-electron chi connectivity index (χ0n) is 14.3. The molecular formula is C17H30O6. The van der Waals surface area contributed by atoms with Crippen LogP contribution in [0.5, 0.6) is 0 Å². The Labute approximate surface area is 138 Å². The Morgan fingerprint density at radius 2 is 1.30 bits per heavy atom. The van der Waals surface area contributed by atoms with Gasteiger partial charge in [0.2, 0.25) is 0 Å². The molecule has 0 bridgehead atoms. The topological polar surface area (TPSA) is 65.3 Å². The maximum Gasteiger partial charge on any atom is 0.285 e. The van der Waals surface area contributed by atoms with Crippen molar-refractivity contribution >= 4 is 0 Å². The van der Waals surface area contributed by atoms with E-state index in [-0.39, 0.29) is 24.2 Å². The summed E-state index contributed by atoms with van der Waals surface area (Å²) in [6.07, 6.45) is 5.11. The van der Waals surface area contributed by atoms with Crippen LogP contribution in [0.4, 0.5) is 0 Å². The van der Waals surface area contributed by atoms with E-state index in [0.717, 1.165) is 32.7 Å². The number of ether oxygens (including phenoxy) is 6. The minimum Gasteiger partial charge on any atom is -0.371 e. The lowest BCUT2D eigenvalue weighted by Gasteiger charge is -2.38. The van der Waals surface area contributed by atoms with Crippen LogP contribution in [0.2, 0.25) is 0 Å². The van der Waals surface area contributed by atoms with Gasteiger partial charge in [-0.2, -0.15) is 0 Å². The number of hydrogen-bond donors (Lipinski definition) is 0. The number of epoxide rings is 3. The van der Waals surface area contributed by atoms with Gasteiger partial charge in [0, 0.05) is 5.92 Å². The first kappa shape index (κ1) is 17.6. The molecule has 3 fully saturated rings. The molecular weight excluding hydrogens is 300 g/mol. The van der Waals surface area contributed by atoms with Gasteiger partial charge in [0.1, 0.15) is 18.3 Å². The standard InChI is InChI=1S/C17H30O6/c1-3-4-5-6-13(2)17(21-10-14-7-18-14,22-11-15-8-19-15)23-12-16-9-20-16/h13-16H,3-12H2,1-2H3. The second-order valence-electron chi connectivity index (χ2n) is 6.80. The van der Waals surface area contributed by atoms with Crippen molar-refractivity contribution in [1.29, 1.82) is 0 Å². The summed E-state index contributed by atoms with van der Waals surface area (Å²) in [5, 5.41) is 0. The van der Waals surface area contributed by atoms with E-state index in [0.29, 0.717) is 19.8 Å². The molecule has 0 aromatic carbocycles. The number of hydrogen-bond acceptors (Lipinski definition) is 6. The van der Waals surface area contributed by atoms with Crippen LogP contribution in [0.1, 0.15) is 39.5 Å². The first-order valence-corrected chi connectivity index (χ1v) is 8.98. The number of rotatable bonds is 14. The van der Waals surface area contributed by atoms with Gasteiger partial charge in [0.15, 0.2) is 0 Å². The van der Waals surface area contributed by atoms with Crippen LogP contribution in [0.15, 0.2) is 0 Å². The van der Waals surface area contributed by atoms with Gasteiger partial charge in [-0.15, -0.1) is 0 Å². The van der Waals surface area contributed by atoms with Crippen LogP contribution >= 0.6 is 0 Å². The lowest BCUT2D eigenvalue weighted by Crippen LogP contribution is -2.47. The summed E-state index contributed by atoms with van der Waals surface area (Å²) in [5.41, 5.74) is 0. The van der Waals surface area contributed by atoms with Gasteiger partial charge in [-0.3, -0.25) is 0 Å². The van der Waals surface area contributed by atoms with Crippen molar-refractivity contribution in [2.75, 3.05) is 39.6 Å². The molecule has 0 aromatic heterocycles. The van der Waals surface area contributed by atoms with Crippen molar-refractivity contribution in [3.8, 4) is 0 Å². The highest BCUT2D eigenvalue weighted by molar-refractivity contribution is 4.77. The van der Waals surface area contributed by atoms with Gasteiger partial charge in [-0.05, 0) is 6.42 Å². The average molecular weight is 330 g/mol. The minimum atomic E-state index is -1.02. The van der Waals surface area contributed by atoms with Gasteiger partial charge < -0.3 is 28.4 Å². The molecule has 3 heterocycles. The normalized spacial score (nSPS) is 32.3. The second kappa shape index (κ2) is 8.23. The highest BCUT2D eigenvalue weighted by Gasteiger charge is 2.44. The van der Waals surface area contributed by atoms with E-state index in [1.165, 1.54) is 12.8 Å². The molecule has 0 N–H and O–H groups in total. The van der Waals surface area contributed by atoms with E-state index < -0.39 is 5.97 Å². The molecule has 3 rings (SSSR count). The number of unbranched alkanes of at least 4 members (excludes halogenated alkanes) is 2. The van der Waals surface area contributed by atoms with E-state index in [4.69, 9.17) is 28.4 Å². The third kappa shape index (κ3) is 5.96. The monoisotopic (exact) mass is 330 g/mol. The molecule has 6 heteroatoms. The summed E-state index contributed by atoms with van der Waals surface area (Å²) < 4.78 is 34.2. The molecule has 3 aliphatic heterocycles. The predicted octanol–water partition coefficient (Wildman–Crippen LogP) is 2.10. The Morgan fingerprint density at radius 3 is 1.65 bits per heavy atom. The summed E-state index contributed by atoms with van der Waals surface area (Å²) in [6.45, 7) is 8.17. The fourth-order valence-corrected chi connectivity index (χ4v) is 2.55. The van der Waals surface area contributed by atoms with Crippen molar-refractivity contribution in [3.05, 3.63) is 0 Å². The summed E-state index contributed by atoms with van der Waals surface area (Å²) in [5.74, 6) is -0.872. The predicted molar refractivity (Wildman–Crippen MR) is 83.1 cm³/mol. The maximum atomic E-state index is 6.12. The second-order valence-corrected chi connectivity index (χ2v) is 6.80.